The van der Waals surface area contributed by atoms with E-state index in [1.54, 1.807) is 48.2 Å². The summed E-state index contributed by atoms with van der Waals surface area (Å²) in [6, 6.07) is 12.3. The van der Waals surface area contributed by atoms with Crippen LogP contribution >= 0.6 is 11.8 Å². The number of rotatable bonds is 6. The summed E-state index contributed by atoms with van der Waals surface area (Å²) in [6.07, 6.45) is 1.41. The van der Waals surface area contributed by atoms with Crippen molar-refractivity contribution in [1.29, 1.82) is 5.26 Å². The van der Waals surface area contributed by atoms with E-state index in [1.165, 1.54) is 6.20 Å². The minimum Gasteiger partial charge on any atom is -0.325 e. The molecule has 122 valence electrons. The summed E-state index contributed by atoms with van der Waals surface area (Å²) >= 11 is 1.55. The Morgan fingerprint density at radius 1 is 1.33 bits per heavy atom. The van der Waals surface area contributed by atoms with Crippen LogP contribution in [0.4, 0.5) is 5.69 Å². The van der Waals surface area contributed by atoms with Crippen LogP contribution < -0.4 is 5.32 Å². The Balaban J connectivity index is 2.13. The van der Waals surface area contributed by atoms with Gasteiger partial charge in [0.05, 0.1) is 11.1 Å². The molecule has 0 aliphatic carbocycles. The Hall–Kier alpha value is -2.65. The molecule has 1 N–H and O–H groups in total. The van der Waals surface area contributed by atoms with Gasteiger partial charge in [0.2, 0.25) is 5.91 Å². The van der Waals surface area contributed by atoms with Gasteiger partial charge in [-0.05, 0) is 42.5 Å². The van der Waals surface area contributed by atoms with E-state index in [0.29, 0.717) is 5.69 Å². The third kappa shape index (κ3) is 4.43. The van der Waals surface area contributed by atoms with Crippen LogP contribution in [0.1, 0.15) is 22.8 Å². The number of aryl methyl sites for hydroxylation is 1. The highest BCUT2D eigenvalue weighted by Crippen LogP contribution is 2.17. The molecule has 0 aliphatic heterocycles. The van der Waals surface area contributed by atoms with Gasteiger partial charge in [0.15, 0.2) is 11.7 Å². The molecule has 0 bridgehead atoms. The predicted octanol–water partition coefficient (Wildman–Crippen LogP) is 3.46. The lowest BCUT2D eigenvalue weighted by atomic mass is 9.99. The number of aromatic nitrogens is 1. The van der Waals surface area contributed by atoms with E-state index in [2.05, 4.69) is 10.3 Å². The highest BCUT2D eigenvalue weighted by Gasteiger charge is 2.28. The molecule has 1 aromatic carbocycles. The SMILES string of the molecule is CCSc1ccc(C(=O)[C@H](C#N)C(=O)Nc2cccc(C)c2)cn1. The van der Waals surface area contributed by atoms with Crippen molar-refractivity contribution in [3.05, 3.63) is 53.7 Å². The number of nitrogens with one attached hydrogen (secondary N) is 1. The fraction of sp³-hybridized carbons (Fsp3) is 0.222. The predicted molar refractivity (Wildman–Crippen MR) is 93.9 cm³/mol. The van der Waals surface area contributed by atoms with Gasteiger partial charge in [-0.3, -0.25) is 9.59 Å². The molecule has 2 rings (SSSR count). The molecule has 0 radical (unpaired) electrons. The zero-order valence-corrected chi connectivity index (χ0v) is 14.3. The summed E-state index contributed by atoms with van der Waals surface area (Å²) in [7, 11) is 0. The van der Waals surface area contributed by atoms with Crippen molar-refractivity contribution in [3.8, 4) is 6.07 Å². The maximum absolute atomic E-state index is 12.4. The molecule has 0 aliphatic rings. The molecule has 6 heteroatoms. The Bertz CT molecular complexity index is 782. The van der Waals surface area contributed by atoms with E-state index in [1.807, 2.05) is 19.9 Å². The average Bonchev–Trinajstić information content (AvgIpc) is 2.56. The van der Waals surface area contributed by atoms with E-state index >= 15 is 0 Å². The number of anilines is 1. The number of ketones is 1. The van der Waals surface area contributed by atoms with Crippen LogP contribution in [0.2, 0.25) is 0 Å². The molecule has 1 atom stereocenters. The molecule has 0 saturated heterocycles. The summed E-state index contributed by atoms with van der Waals surface area (Å²) in [5.41, 5.74) is 1.78. The molecule has 0 saturated carbocycles. The van der Waals surface area contributed by atoms with E-state index in [4.69, 9.17) is 0 Å². The second-order valence-corrected chi connectivity index (χ2v) is 6.39. The number of Topliss-reactive ketones (excluding diaryl/α,β-unsaturated/α-hetero) is 1. The van der Waals surface area contributed by atoms with Crippen LogP contribution in [0.3, 0.4) is 0 Å². The minimum atomic E-state index is -1.41. The molecule has 2 aromatic rings. The first-order valence-electron chi connectivity index (χ1n) is 7.45. The summed E-state index contributed by atoms with van der Waals surface area (Å²) in [4.78, 5) is 28.8. The monoisotopic (exact) mass is 339 g/mol. The lowest BCUT2D eigenvalue weighted by molar-refractivity contribution is -0.117. The Kier molecular flexibility index (Phi) is 6.10. The van der Waals surface area contributed by atoms with Gasteiger partial charge in [0.25, 0.3) is 0 Å². The highest BCUT2D eigenvalue weighted by atomic mass is 32.2. The number of amides is 1. The number of pyridine rings is 1. The zero-order chi connectivity index (χ0) is 17.5. The van der Waals surface area contributed by atoms with Gasteiger partial charge in [-0.15, -0.1) is 11.8 Å². The van der Waals surface area contributed by atoms with Crippen molar-refractivity contribution >= 4 is 29.1 Å². The number of thioether (sulfide) groups is 1. The summed E-state index contributed by atoms with van der Waals surface area (Å²) in [6.45, 7) is 3.90. The first-order chi connectivity index (χ1) is 11.5. The van der Waals surface area contributed by atoms with Gasteiger partial charge in [-0.25, -0.2) is 4.98 Å². The second kappa shape index (κ2) is 8.27. The van der Waals surface area contributed by atoms with Crippen LogP contribution in [0.15, 0.2) is 47.6 Å². The maximum Gasteiger partial charge on any atom is 0.249 e. The van der Waals surface area contributed by atoms with Gasteiger partial charge in [-0.1, -0.05) is 19.1 Å². The lowest BCUT2D eigenvalue weighted by Crippen LogP contribution is -2.28. The van der Waals surface area contributed by atoms with Crippen molar-refractivity contribution in [2.45, 2.75) is 18.9 Å². The molecule has 0 unspecified atom stereocenters. The van der Waals surface area contributed by atoms with Gasteiger partial charge < -0.3 is 5.32 Å². The molecular formula is C18H17N3O2S. The van der Waals surface area contributed by atoms with Crippen molar-refractivity contribution in [1.82, 2.24) is 4.98 Å². The Labute approximate surface area is 145 Å². The molecular weight excluding hydrogens is 322 g/mol. The van der Waals surface area contributed by atoms with Gasteiger partial charge >= 0.3 is 0 Å². The number of carbonyl (C=O) groups excluding carboxylic acids is 2. The number of benzene rings is 1. The molecule has 24 heavy (non-hydrogen) atoms. The Morgan fingerprint density at radius 3 is 2.71 bits per heavy atom. The minimum absolute atomic E-state index is 0.251. The number of nitriles is 1. The van der Waals surface area contributed by atoms with Gasteiger partial charge in [0, 0.05) is 17.4 Å². The second-order valence-electron chi connectivity index (χ2n) is 5.10. The van der Waals surface area contributed by atoms with Gasteiger partial charge in [0.1, 0.15) is 0 Å². The third-order valence-electron chi connectivity index (χ3n) is 3.25. The van der Waals surface area contributed by atoms with E-state index in [0.717, 1.165) is 16.3 Å². The molecule has 1 amide bonds. The number of hydrogen-bond donors (Lipinski definition) is 1. The third-order valence-corrected chi connectivity index (χ3v) is 4.08. The zero-order valence-electron chi connectivity index (χ0n) is 13.4. The van der Waals surface area contributed by atoms with Crippen LogP contribution in [0.5, 0.6) is 0 Å². The highest BCUT2D eigenvalue weighted by molar-refractivity contribution is 7.99. The lowest BCUT2D eigenvalue weighted by Gasteiger charge is -2.10. The Morgan fingerprint density at radius 2 is 2.12 bits per heavy atom. The first kappa shape index (κ1) is 17.7. The number of nitrogens with zero attached hydrogens (tertiary/aromatic N) is 2. The van der Waals surface area contributed by atoms with Crippen LogP contribution in [-0.4, -0.2) is 22.4 Å². The molecule has 0 fully saturated rings. The summed E-state index contributed by atoms with van der Waals surface area (Å²) in [5, 5.41) is 12.7. The maximum atomic E-state index is 12.4. The fourth-order valence-electron chi connectivity index (χ4n) is 2.10. The summed E-state index contributed by atoms with van der Waals surface area (Å²) in [5.74, 6) is -1.72. The fourth-order valence-corrected chi connectivity index (χ4v) is 2.69. The van der Waals surface area contributed by atoms with E-state index < -0.39 is 17.6 Å². The normalized spacial score (nSPS) is 11.4. The topological polar surface area (TPSA) is 82.8 Å². The molecule has 1 heterocycles. The van der Waals surface area contributed by atoms with Crippen LogP contribution in [-0.2, 0) is 4.79 Å². The van der Waals surface area contributed by atoms with Crippen molar-refractivity contribution in [2.24, 2.45) is 5.92 Å². The molecule has 5 nitrogen and oxygen atoms in total. The van der Waals surface area contributed by atoms with Crippen molar-refractivity contribution in [3.63, 3.8) is 0 Å². The largest absolute Gasteiger partial charge is 0.325 e. The standard InChI is InChI=1S/C18H17N3O2S/c1-3-24-16-8-7-13(11-20-16)17(22)15(10-19)18(23)21-14-6-4-5-12(2)9-14/h4-9,11,15H,3H2,1-2H3,(H,21,23)/t15-/m0/s1. The van der Waals surface area contributed by atoms with Crippen molar-refractivity contribution < 1.29 is 9.59 Å². The van der Waals surface area contributed by atoms with Gasteiger partial charge in [-0.2, -0.15) is 5.26 Å². The summed E-state index contributed by atoms with van der Waals surface area (Å²) < 4.78 is 0. The quantitative estimate of drug-likeness (QED) is 0.495. The smallest absolute Gasteiger partial charge is 0.249 e. The number of hydrogen-bond acceptors (Lipinski definition) is 5. The van der Waals surface area contributed by atoms with E-state index in [9.17, 15) is 14.9 Å². The molecule has 0 spiro atoms. The van der Waals surface area contributed by atoms with Crippen molar-refractivity contribution in [2.75, 3.05) is 11.1 Å². The molecule has 1 aromatic heterocycles. The first-order valence-corrected chi connectivity index (χ1v) is 8.44. The van der Waals surface area contributed by atoms with E-state index in [-0.39, 0.29) is 5.56 Å². The average molecular weight is 339 g/mol. The van der Waals surface area contributed by atoms with Crippen LogP contribution in [0, 0.1) is 24.2 Å². The number of carbonyl (C=O) groups is 2. The van der Waals surface area contributed by atoms with Crippen LogP contribution in [0.25, 0.3) is 0 Å².